The molecule has 20 heavy (non-hydrogen) atoms. The summed E-state index contributed by atoms with van der Waals surface area (Å²) >= 11 is 0. The lowest BCUT2D eigenvalue weighted by atomic mass is 10.0. The molecule has 1 rings (SSSR count). The fourth-order valence-electron chi connectivity index (χ4n) is 2.31. The molecule has 0 spiro atoms. The molecule has 5 atom stereocenters. The molecule has 0 aromatic heterocycles. The summed E-state index contributed by atoms with van der Waals surface area (Å²) < 4.78 is 10.9. The minimum absolute atomic E-state index is 0.0690. The van der Waals surface area contributed by atoms with Gasteiger partial charge in [-0.3, -0.25) is 0 Å². The number of unbranched alkanes of at least 4 members (excludes halogenated alkanes) is 4. The van der Waals surface area contributed by atoms with E-state index >= 15 is 0 Å². The Kier molecular flexibility index (Phi) is 8.60. The maximum Gasteiger partial charge on any atom is 0.158 e. The maximum atomic E-state index is 9.82. The van der Waals surface area contributed by atoms with Crippen LogP contribution < -0.4 is 0 Å². The SMILES string of the molecule is CCCCCCCC1OCC(O)C(C(O)C(O)CO)O1. The zero-order chi connectivity index (χ0) is 15.0. The summed E-state index contributed by atoms with van der Waals surface area (Å²) in [6.45, 7) is 1.66. The van der Waals surface area contributed by atoms with Crippen LogP contribution in [0.1, 0.15) is 45.4 Å². The van der Waals surface area contributed by atoms with Crippen LogP contribution in [0.25, 0.3) is 0 Å². The second-order valence-electron chi connectivity index (χ2n) is 5.37. The molecular formula is C14H28O6. The number of ether oxygens (including phenoxy) is 2. The van der Waals surface area contributed by atoms with Crippen LogP contribution in [0.3, 0.4) is 0 Å². The number of rotatable bonds is 9. The van der Waals surface area contributed by atoms with Gasteiger partial charge in [0.15, 0.2) is 6.29 Å². The molecule has 1 aliphatic heterocycles. The first-order chi connectivity index (χ1) is 9.60. The van der Waals surface area contributed by atoms with Crippen LogP contribution in [0.4, 0.5) is 0 Å². The zero-order valence-corrected chi connectivity index (χ0v) is 12.1. The van der Waals surface area contributed by atoms with Crippen LogP contribution in [-0.4, -0.2) is 64.3 Å². The lowest BCUT2D eigenvalue weighted by Crippen LogP contribution is -2.54. The smallest absolute Gasteiger partial charge is 0.158 e. The lowest BCUT2D eigenvalue weighted by molar-refractivity contribution is -0.281. The number of hydrogen-bond acceptors (Lipinski definition) is 6. The molecule has 0 saturated carbocycles. The van der Waals surface area contributed by atoms with Crippen LogP contribution in [0.2, 0.25) is 0 Å². The summed E-state index contributed by atoms with van der Waals surface area (Å²) in [4.78, 5) is 0. The highest BCUT2D eigenvalue weighted by Crippen LogP contribution is 2.22. The van der Waals surface area contributed by atoms with E-state index in [0.29, 0.717) is 6.42 Å². The molecule has 1 fully saturated rings. The van der Waals surface area contributed by atoms with Crippen LogP contribution in [0.15, 0.2) is 0 Å². The highest BCUT2D eigenvalue weighted by Gasteiger charge is 2.38. The van der Waals surface area contributed by atoms with E-state index in [1.165, 1.54) is 19.3 Å². The molecule has 1 aliphatic rings. The van der Waals surface area contributed by atoms with Gasteiger partial charge in [0.2, 0.25) is 0 Å². The van der Waals surface area contributed by atoms with Gasteiger partial charge in [-0.15, -0.1) is 0 Å². The third-order valence-electron chi connectivity index (χ3n) is 3.60. The van der Waals surface area contributed by atoms with Crippen LogP contribution in [-0.2, 0) is 9.47 Å². The monoisotopic (exact) mass is 292 g/mol. The van der Waals surface area contributed by atoms with E-state index in [0.717, 1.165) is 12.8 Å². The van der Waals surface area contributed by atoms with Gasteiger partial charge < -0.3 is 29.9 Å². The Balaban J connectivity index is 2.33. The van der Waals surface area contributed by atoms with Crippen LogP contribution in [0.5, 0.6) is 0 Å². The van der Waals surface area contributed by atoms with Crippen molar-refractivity contribution < 1.29 is 29.9 Å². The zero-order valence-electron chi connectivity index (χ0n) is 12.1. The summed E-state index contributed by atoms with van der Waals surface area (Å²) in [5.41, 5.74) is 0. The molecule has 6 nitrogen and oxygen atoms in total. The van der Waals surface area contributed by atoms with Crippen molar-refractivity contribution in [1.29, 1.82) is 0 Å². The van der Waals surface area contributed by atoms with E-state index in [-0.39, 0.29) is 6.61 Å². The van der Waals surface area contributed by atoms with E-state index in [9.17, 15) is 15.3 Å². The summed E-state index contributed by atoms with van der Waals surface area (Å²) in [5, 5.41) is 37.8. The minimum atomic E-state index is -1.32. The molecule has 0 aromatic carbocycles. The van der Waals surface area contributed by atoms with Gasteiger partial charge in [0.25, 0.3) is 0 Å². The predicted octanol–water partition coefficient (Wildman–Crippen LogP) is 0.163. The maximum absolute atomic E-state index is 9.82. The van der Waals surface area contributed by atoms with Crippen molar-refractivity contribution in [1.82, 2.24) is 0 Å². The molecule has 1 heterocycles. The van der Waals surface area contributed by atoms with Crippen molar-refractivity contribution in [3.05, 3.63) is 0 Å². The molecular weight excluding hydrogens is 264 g/mol. The molecule has 0 aromatic rings. The average molecular weight is 292 g/mol. The Morgan fingerprint density at radius 2 is 1.85 bits per heavy atom. The van der Waals surface area contributed by atoms with Gasteiger partial charge in [-0.1, -0.05) is 32.6 Å². The largest absolute Gasteiger partial charge is 0.394 e. The number of aliphatic hydroxyl groups is 4. The highest BCUT2D eigenvalue weighted by molar-refractivity contribution is 4.84. The Bertz CT molecular complexity index is 250. The first kappa shape index (κ1) is 17.8. The first-order valence-electron chi connectivity index (χ1n) is 7.52. The second-order valence-corrected chi connectivity index (χ2v) is 5.37. The second kappa shape index (κ2) is 9.65. The minimum Gasteiger partial charge on any atom is -0.394 e. The first-order valence-corrected chi connectivity index (χ1v) is 7.52. The number of hydrogen-bond donors (Lipinski definition) is 4. The summed E-state index contributed by atoms with van der Waals surface area (Å²) in [6, 6.07) is 0. The molecule has 5 unspecified atom stereocenters. The van der Waals surface area contributed by atoms with Crippen molar-refractivity contribution in [2.45, 2.75) is 76.2 Å². The Morgan fingerprint density at radius 1 is 1.15 bits per heavy atom. The molecule has 0 amide bonds. The van der Waals surface area contributed by atoms with E-state index in [1.54, 1.807) is 0 Å². The van der Waals surface area contributed by atoms with Gasteiger partial charge >= 0.3 is 0 Å². The quantitative estimate of drug-likeness (QED) is 0.452. The van der Waals surface area contributed by atoms with E-state index < -0.39 is 37.3 Å². The van der Waals surface area contributed by atoms with Gasteiger partial charge in [0.05, 0.1) is 13.2 Å². The average Bonchev–Trinajstić information content (AvgIpc) is 2.47. The van der Waals surface area contributed by atoms with E-state index in [4.69, 9.17) is 14.6 Å². The molecule has 1 saturated heterocycles. The van der Waals surface area contributed by atoms with E-state index in [2.05, 4.69) is 6.92 Å². The van der Waals surface area contributed by atoms with Gasteiger partial charge in [0.1, 0.15) is 24.4 Å². The van der Waals surface area contributed by atoms with Crippen molar-refractivity contribution in [3.63, 3.8) is 0 Å². The third-order valence-corrected chi connectivity index (χ3v) is 3.60. The summed E-state index contributed by atoms with van der Waals surface area (Å²) in [6.07, 6.45) is 1.33. The van der Waals surface area contributed by atoms with Gasteiger partial charge in [-0.05, 0) is 12.8 Å². The van der Waals surface area contributed by atoms with Crippen LogP contribution >= 0.6 is 0 Å². The van der Waals surface area contributed by atoms with Crippen molar-refractivity contribution >= 4 is 0 Å². The normalized spacial score (nSPS) is 30.1. The standard InChI is InChI=1S/C14H28O6/c1-2-3-4-5-6-7-12-19-9-11(17)14(20-12)13(18)10(16)8-15/h10-18H,2-9H2,1H3. The number of aliphatic hydroxyl groups excluding tert-OH is 4. The van der Waals surface area contributed by atoms with Crippen molar-refractivity contribution in [3.8, 4) is 0 Å². The van der Waals surface area contributed by atoms with Gasteiger partial charge in [-0.2, -0.15) is 0 Å². The topological polar surface area (TPSA) is 99.4 Å². The molecule has 0 aliphatic carbocycles. The van der Waals surface area contributed by atoms with Gasteiger partial charge in [0, 0.05) is 0 Å². The predicted molar refractivity (Wildman–Crippen MR) is 73.1 cm³/mol. The molecule has 6 heteroatoms. The van der Waals surface area contributed by atoms with Crippen molar-refractivity contribution in [2.75, 3.05) is 13.2 Å². The summed E-state index contributed by atoms with van der Waals surface area (Å²) in [7, 11) is 0. The molecule has 4 N–H and O–H groups in total. The third kappa shape index (κ3) is 5.63. The Morgan fingerprint density at radius 3 is 2.50 bits per heavy atom. The molecule has 0 radical (unpaired) electrons. The van der Waals surface area contributed by atoms with E-state index in [1.807, 2.05) is 0 Å². The fraction of sp³-hybridized carbons (Fsp3) is 1.00. The fourth-order valence-corrected chi connectivity index (χ4v) is 2.31. The lowest BCUT2D eigenvalue weighted by Gasteiger charge is -2.37. The molecule has 120 valence electrons. The highest BCUT2D eigenvalue weighted by atomic mass is 16.7. The Hall–Kier alpha value is -0.240. The molecule has 0 bridgehead atoms. The van der Waals surface area contributed by atoms with Crippen LogP contribution in [0, 0.1) is 0 Å². The Labute approximate surface area is 120 Å². The van der Waals surface area contributed by atoms with Crippen molar-refractivity contribution in [2.24, 2.45) is 0 Å². The van der Waals surface area contributed by atoms with Gasteiger partial charge in [-0.25, -0.2) is 0 Å². The summed E-state index contributed by atoms with van der Waals surface area (Å²) in [5.74, 6) is 0.